The molecule has 1 amide bonds. The van der Waals surface area contributed by atoms with Crippen molar-refractivity contribution in [1.82, 2.24) is 10.2 Å². The number of hydrogen-bond acceptors (Lipinski definition) is 3. The largest absolute Gasteiger partial charge is 0.321 e. The summed E-state index contributed by atoms with van der Waals surface area (Å²) >= 11 is 1.61. The molecule has 0 saturated carbocycles. The summed E-state index contributed by atoms with van der Waals surface area (Å²) in [4.78, 5) is 13.3. The highest BCUT2D eigenvalue weighted by Gasteiger charge is 2.12. The minimum absolute atomic E-state index is 0.211. The summed E-state index contributed by atoms with van der Waals surface area (Å²) in [6, 6.07) is 11.6. The van der Waals surface area contributed by atoms with Gasteiger partial charge in [0.15, 0.2) is 5.69 Å². The lowest BCUT2D eigenvalue weighted by Gasteiger charge is -2.06. The maximum atomic E-state index is 12.2. The van der Waals surface area contributed by atoms with Crippen molar-refractivity contribution in [1.29, 1.82) is 0 Å². The Kier molecular flexibility index (Phi) is 3.58. The summed E-state index contributed by atoms with van der Waals surface area (Å²) in [6.07, 6.45) is 0. The highest BCUT2D eigenvalue weighted by Crippen LogP contribution is 2.23. The van der Waals surface area contributed by atoms with Crippen LogP contribution in [0, 0.1) is 13.8 Å². The molecule has 2 aromatic heterocycles. The van der Waals surface area contributed by atoms with Crippen LogP contribution >= 0.6 is 11.3 Å². The Hall–Kier alpha value is -2.40. The summed E-state index contributed by atoms with van der Waals surface area (Å²) in [5.74, 6) is -0.211. The van der Waals surface area contributed by atoms with Gasteiger partial charge in [-0.3, -0.25) is 9.89 Å². The number of amides is 1. The quantitative estimate of drug-likeness (QED) is 0.767. The van der Waals surface area contributed by atoms with Crippen LogP contribution in [0.15, 0.2) is 41.8 Å². The summed E-state index contributed by atoms with van der Waals surface area (Å²) < 4.78 is 0. The molecule has 4 nitrogen and oxygen atoms in total. The SMILES string of the molecule is Cc1ccc(NC(=O)c2cc(-c3cccs3)[nH]n2)cc1C. The fourth-order valence-corrected chi connectivity index (χ4v) is 2.70. The van der Waals surface area contributed by atoms with Gasteiger partial charge in [0.05, 0.1) is 10.6 Å². The monoisotopic (exact) mass is 297 g/mol. The summed E-state index contributed by atoms with van der Waals surface area (Å²) in [5.41, 5.74) is 4.37. The number of aryl methyl sites for hydroxylation is 2. The second-order valence-electron chi connectivity index (χ2n) is 4.90. The van der Waals surface area contributed by atoms with Crippen LogP contribution in [0.3, 0.4) is 0 Å². The Morgan fingerprint density at radius 3 is 2.76 bits per heavy atom. The van der Waals surface area contributed by atoms with Gasteiger partial charge in [0.25, 0.3) is 5.91 Å². The topological polar surface area (TPSA) is 57.8 Å². The summed E-state index contributed by atoms with van der Waals surface area (Å²) in [7, 11) is 0. The van der Waals surface area contributed by atoms with E-state index in [2.05, 4.69) is 15.5 Å². The molecule has 0 saturated heterocycles. The standard InChI is InChI=1S/C16H15N3OS/c1-10-5-6-12(8-11(10)2)17-16(20)14-9-13(18-19-14)15-4-3-7-21-15/h3-9H,1-2H3,(H,17,20)(H,18,19). The molecule has 0 fully saturated rings. The molecular formula is C16H15N3OS. The third-order valence-corrected chi connectivity index (χ3v) is 4.27. The number of benzene rings is 1. The van der Waals surface area contributed by atoms with E-state index in [0.29, 0.717) is 5.69 Å². The molecule has 5 heteroatoms. The van der Waals surface area contributed by atoms with E-state index >= 15 is 0 Å². The van der Waals surface area contributed by atoms with E-state index in [1.54, 1.807) is 17.4 Å². The summed E-state index contributed by atoms with van der Waals surface area (Å²) in [5, 5.41) is 11.8. The van der Waals surface area contributed by atoms with Gasteiger partial charge in [-0.15, -0.1) is 11.3 Å². The van der Waals surface area contributed by atoms with Crippen LogP contribution in [-0.2, 0) is 0 Å². The molecule has 0 bridgehead atoms. The van der Waals surface area contributed by atoms with Crippen LogP contribution in [-0.4, -0.2) is 16.1 Å². The molecule has 0 radical (unpaired) electrons. The fourth-order valence-electron chi connectivity index (χ4n) is 2.01. The number of nitrogens with zero attached hydrogens (tertiary/aromatic N) is 1. The van der Waals surface area contributed by atoms with Gasteiger partial charge < -0.3 is 5.32 Å². The number of aromatic amines is 1. The third-order valence-electron chi connectivity index (χ3n) is 3.36. The highest BCUT2D eigenvalue weighted by molar-refractivity contribution is 7.13. The molecule has 0 spiro atoms. The van der Waals surface area contributed by atoms with E-state index in [9.17, 15) is 4.79 Å². The van der Waals surface area contributed by atoms with Gasteiger partial charge in [-0.2, -0.15) is 5.10 Å². The van der Waals surface area contributed by atoms with E-state index in [1.807, 2.05) is 49.6 Å². The zero-order valence-electron chi connectivity index (χ0n) is 11.8. The van der Waals surface area contributed by atoms with E-state index < -0.39 is 0 Å². The number of thiophene rings is 1. The zero-order valence-corrected chi connectivity index (χ0v) is 12.6. The molecule has 2 N–H and O–H groups in total. The molecule has 0 atom stereocenters. The van der Waals surface area contributed by atoms with E-state index in [0.717, 1.165) is 21.8 Å². The van der Waals surface area contributed by atoms with Crippen molar-refractivity contribution in [3.63, 3.8) is 0 Å². The van der Waals surface area contributed by atoms with Gasteiger partial charge in [0.1, 0.15) is 0 Å². The van der Waals surface area contributed by atoms with Crippen LogP contribution in [0.2, 0.25) is 0 Å². The van der Waals surface area contributed by atoms with Crippen molar-refractivity contribution in [2.24, 2.45) is 0 Å². The van der Waals surface area contributed by atoms with Gasteiger partial charge in [-0.05, 0) is 54.6 Å². The molecule has 21 heavy (non-hydrogen) atoms. The van der Waals surface area contributed by atoms with Crippen molar-refractivity contribution in [2.45, 2.75) is 13.8 Å². The third kappa shape index (κ3) is 2.87. The molecule has 3 rings (SSSR count). The average molecular weight is 297 g/mol. The van der Waals surface area contributed by atoms with Crippen LogP contribution in [0.1, 0.15) is 21.6 Å². The number of H-pyrrole nitrogens is 1. The van der Waals surface area contributed by atoms with Crippen LogP contribution in [0.5, 0.6) is 0 Å². The van der Waals surface area contributed by atoms with Crippen molar-refractivity contribution >= 4 is 22.9 Å². The Balaban J connectivity index is 1.78. The fraction of sp³-hybridized carbons (Fsp3) is 0.125. The highest BCUT2D eigenvalue weighted by atomic mass is 32.1. The van der Waals surface area contributed by atoms with Gasteiger partial charge >= 0.3 is 0 Å². The lowest BCUT2D eigenvalue weighted by atomic mass is 10.1. The second-order valence-corrected chi connectivity index (χ2v) is 5.85. The van der Waals surface area contributed by atoms with Crippen molar-refractivity contribution in [3.05, 3.63) is 58.6 Å². The first-order chi connectivity index (χ1) is 10.1. The number of rotatable bonds is 3. The molecule has 3 aromatic rings. The molecule has 0 aliphatic carbocycles. The molecule has 0 unspecified atom stereocenters. The van der Waals surface area contributed by atoms with Crippen molar-refractivity contribution in [3.8, 4) is 10.6 Å². The normalized spacial score (nSPS) is 10.6. The molecule has 1 aromatic carbocycles. The minimum atomic E-state index is -0.211. The van der Waals surface area contributed by atoms with E-state index in [1.165, 1.54) is 5.56 Å². The van der Waals surface area contributed by atoms with Crippen molar-refractivity contribution < 1.29 is 4.79 Å². The summed E-state index contributed by atoms with van der Waals surface area (Å²) in [6.45, 7) is 4.07. The molecule has 0 aliphatic heterocycles. The Morgan fingerprint density at radius 1 is 1.19 bits per heavy atom. The Bertz CT molecular complexity index is 775. The number of nitrogens with one attached hydrogen (secondary N) is 2. The average Bonchev–Trinajstić information content (AvgIpc) is 3.12. The maximum Gasteiger partial charge on any atom is 0.276 e. The Morgan fingerprint density at radius 2 is 2.05 bits per heavy atom. The van der Waals surface area contributed by atoms with Crippen LogP contribution in [0.4, 0.5) is 5.69 Å². The van der Waals surface area contributed by atoms with Crippen LogP contribution < -0.4 is 5.32 Å². The lowest BCUT2D eigenvalue weighted by molar-refractivity contribution is 0.102. The maximum absolute atomic E-state index is 12.2. The first-order valence-corrected chi connectivity index (χ1v) is 7.49. The van der Waals surface area contributed by atoms with Crippen LogP contribution in [0.25, 0.3) is 10.6 Å². The van der Waals surface area contributed by atoms with E-state index in [-0.39, 0.29) is 5.91 Å². The van der Waals surface area contributed by atoms with Crippen molar-refractivity contribution in [2.75, 3.05) is 5.32 Å². The number of carbonyl (C=O) groups is 1. The lowest BCUT2D eigenvalue weighted by Crippen LogP contribution is -2.12. The minimum Gasteiger partial charge on any atom is -0.321 e. The number of carbonyl (C=O) groups excluding carboxylic acids is 1. The predicted octanol–water partition coefficient (Wildman–Crippen LogP) is 4.01. The second kappa shape index (κ2) is 5.54. The number of anilines is 1. The van der Waals surface area contributed by atoms with E-state index in [4.69, 9.17) is 0 Å². The van der Waals surface area contributed by atoms with Gasteiger partial charge in [0, 0.05) is 5.69 Å². The Labute approximate surface area is 126 Å². The zero-order chi connectivity index (χ0) is 14.8. The molecular weight excluding hydrogens is 282 g/mol. The number of aromatic nitrogens is 2. The smallest absolute Gasteiger partial charge is 0.276 e. The van der Waals surface area contributed by atoms with Gasteiger partial charge in [-0.25, -0.2) is 0 Å². The molecule has 0 aliphatic rings. The molecule has 106 valence electrons. The van der Waals surface area contributed by atoms with Gasteiger partial charge in [0.2, 0.25) is 0 Å². The van der Waals surface area contributed by atoms with Gasteiger partial charge in [-0.1, -0.05) is 12.1 Å². The molecule has 2 heterocycles. The predicted molar refractivity (Wildman–Crippen MR) is 85.8 cm³/mol. The first-order valence-electron chi connectivity index (χ1n) is 6.61. The first kappa shape index (κ1) is 13.6. The number of hydrogen-bond donors (Lipinski definition) is 2.